The molecule has 0 aliphatic carbocycles. The Morgan fingerprint density at radius 2 is 1.95 bits per heavy atom. The van der Waals surface area contributed by atoms with Gasteiger partial charge < -0.3 is 19.8 Å². The number of fused-ring (bicyclic) bond motifs is 1. The van der Waals surface area contributed by atoms with E-state index in [0.717, 1.165) is 6.54 Å². The monoisotopic (exact) mass is 518 g/mol. The van der Waals surface area contributed by atoms with E-state index in [0.29, 0.717) is 61.5 Å². The molecule has 0 spiro atoms. The van der Waals surface area contributed by atoms with E-state index in [9.17, 15) is 19.1 Å². The van der Waals surface area contributed by atoms with E-state index in [2.05, 4.69) is 32.3 Å². The van der Waals surface area contributed by atoms with Crippen molar-refractivity contribution in [1.29, 1.82) is 0 Å². The summed E-state index contributed by atoms with van der Waals surface area (Å²) in [4.78, 5) is 35.4. The molecule has 1 fully saturated rings. The number of aryl methyl sites for hydroxylation is 1. The molecule has 5 rings (SSSR count). The van der Waals surface area contributed by atoms with Crippen LogP contribution in [0.3, 0.4) is 0 Å². The largest absolute Gasteiger partial charge is 0.502 e. The average Bonchev–Trinajstić information content (AvgIpc) is 3.30. The molecule has 0 saturated carbocycles. The number of likely N-dealkylation sites (tertiary alicyclic amines) is 1. The van der Waals surface area contributed by atoms with Gasteiger partial charge in [-0.15, -0.1) is 0 Å². The van der Waals surface area contributed by atoms with Crippen LogP contribution in [0.1, 0.15) is 42.2 Å². The lowest BCUT2D eigenvalue weighted by atomic mass is 9.72. The van der Waals surface area contributed by atoms with Crippen molar-refractivity contribution >= 4 is 16.9 Å². The number of nitrogens with zero attached hydrogens (tertiary/aromatic N) is 2. The molecule has 3 heterocycles. The van der Waals surface area contributed by atoms with Crippen LogP contribution in [0.4, 0.5) is 4.39 Å². The molecule has 0 atom stereocenters. The summed E-state index contributed by atoms with van der Waals surface area (Å²) in [6.45, 7) is 4.17. The van der Waals surface area contributed by atoms with Crippen LogP contribution >= 0.6 is 0 Å². The van der Waals surface area contributed by atoms with Gasteiger partial charge in [0, 0.05) is 37.4 Å². The Kier molecular flexibility index (Phi) is 7.28. The lowest BCUT2D eigenvalue weighted by molar-refractivity contribution is -0.123. The second kappa shape index (κ2) is 10.8. The maximum absolute atomic E-state index is 13.5. The highest BCUT2D eigenvalue weighted by Gasteiger charge is 2.43. The number of aromatic hydroxyl groups is 1. The molecule has 1 saturated heterocycles. The van der Waals surface area contributed by atoms with Gasteiger partial charge in [0.05, 0.1) is 11.0 Å². The highest BCUT2D eigenvalue weighted by Crippen LogP contribution is 2.42. The third kappa shape index (κ3) is 5.62. The number of carbonyl (C=O) groups is 1. The van der Waals surface area contributed by atoms with Gasteiger partial charge in [-0.05, 0) is 56.6 Å². The molecular weight excluding hydrogens is 487 g/mol. The van der Waals surface area contributed by atoms with Gasteiger partial charge in [0.15, 0.2) is 5.76 Å². The number of aromatic amines is 1. The van der Waals surface area contributed by atoms with E-state index in [1.54, 1.807) is 13.0 Å². The average molecular weight is 519 g/mol. The number of rotatable bonds is 8. The Balaban J connectivity index is 1.28. The summed E-state index contributed by atoms with van der Waals surface area (Å²) in [7, 11) is 0. The third-order valence-corrected chi connectivity index (χ3v) is 7.27. The Labute approximate surface area is 219 Å². The Morgan fingerprint density at radius 1 is 1.18 bits per heavy atom. The Morgan fingerprint density at radius 3 is 2.71 bits per heavy atom. The molecule has 198 valence electrons. The van der Waals surface area contributed by atoms with Crippen LogP contribution in [0.15, 0.2) is 63.8 Å². The van der Waals surface area contributed by atoms with Gasteiger partial charge in [0.1, 0.15) is 17.4 Å². The van der Waals surface area contributed by atoms with Gasteiger partial charge in [0.25, 0.3) is 0 Å². The molecule has 1 aliphatic rings. The summed E-state index contributed by atoms with van der Waals surface area (Å²) >= 11 is 0. The number of hydrogen-bond acceptors (Lipinski definition) is 6. The summed E-state index contributed by atoms with van der Waals surface area (Å²) in [5.74, 6) is 0.276. The summed E-state index contributed by atoms with van der Waals surface area (Å²) < 4.78 is 19.4. The number of hydrogen-bond donors (Lipinski definition) is 3. The molecule has 0 radical (unpaired) electrons. The Bertz CT molecular complexity index is 1490. The van der Waals surface area contributed by atoms with Crippen molar-refractivity contribution < 1.29 is 18.7 Å². The molecule has 0 unspecified atom stereocenters. The molecule has 2 aromatic heterocycles. The first-order chi connectivity index (χ1) is 18.3. The number of aromatic nitrogens is 2. The van der Waals surface area contributed by atoms with Crippen molar-refractivity contribution in [3.63, 3.8) is 0 Å². The van der Waals surface area contributed by atoms with Crippen molar-refractivity contribution in [2.45, 2.75) is 44.6 Å². The standard InChI is InChI=1S/C29H31FN4O4/c1-19-15-24(35)27(37)28(38-19)29(10-13-34(14-11-29)18-20-5-3-2-4-6-20)17-26(36)31-12-9-25-32-22-8-7-21(30)16-23(22)33-25/h2-8,15-16,37H,9-14,17-18H2,1H3,(H,31,36)(H,32,33). The minimum Gasteiger partial charge on any atom is -0.502 e. The molecule has 8 nitrogen and oxygen atoms in total. The predicted octanol–water partition coefficient (Wildman–Crippen LogP) is 3.95. The van der Waals surface area contributed by atoms with E-state index >= 15 is 0 Å². The lowest BCUT2D eigenvalue weighted by Gasteiger charge is -2.41. The summed E-state index contributed by atoms with van der Waals surface area (Å²) in [5.41, 5.74) is 1.17. The van der Waals surface area contributed by atoms with Gasteiger partial charge >= 0.3 is 0 Å². The fraction of sp³-hybridized carbons (Fsp3) is 0.345. The van der Waals surface area contributed by atoms with E-state index in [-0.39, 0.29) is 23.9 Å². The Hall–Kier alpha value is -3.98. The first-order valence-corrected chi connectivity index (χ1v) is 12.8. The van der Waals surface area contributed by atoms with Crippen LogP contribution < -0.4 is 10.7 Å². The van der Waals surface area contributed by atoms with E-state index in [1.807, 2.05) is 18.2 Å². The number of benzene rings is 2. The minimum atomic E-state index is -0.802. The second-order valence-electron chi connectivity index (χ2n) is 10.1. The van der Waals surface area contributed by atoms with Crippen LogP contribution in [0.5, 0.6) is 5.75 Å². The highest BCUT2D eigenvalue weighted by atomic mass is 19.1. The van der Waals surface area contributed by atoms with Crippen LogP contribution in [0, 0.1) is 12.7 Å². The number of halogens is 1. The third-order valence-electron chi connectivity index (χ3n) is 7.27. The molecule has 0 bridgehead atoms. The van der Waals surface area contributed by atoms with Gasteiger partial charge in [-0.1, -0.05) is 30.3 Å². The van der Waals surface area contributed by atoms with Crippen molar-refractivity contribution in [3.8, 4) is 5.75 Å². The predicted molar refractivity (Wildman–Crippen MR) is 141 cm³/mol. The molecule has 9 heteroatoms. The number of carbonyl (C=O) groups excluding carboxylic acids is 1. The number of H-pyrrole nitrogens is 1. The van der Waals surface area contributed by atoms with E-state index in [4.69, 9.17) is 4.42 Å². The molecule has 4 aromatic rings. The normalized spacial score (nSPS) is 15.5. The minimum absolute atomic E-state index is 0.0808. The van der Waals surface area contributed by atoms with Gasteiger partial charge in [-0.3, -0.25) is 14.5 Å². The smallest absolute Gasteiger partial charge is 0.227 e. The lowest BCUT2D eigenvalue weighted by Crippen LogP contribution is -2.45. The summed E-state index contributed by atoms with van der Waals surface area (Å²) in [6, 6.07) is 15.8. The van der Waals surface area contributed by atoms with Crippen molar-refractivity contribution in [1.82, 2.24) is 20.2 Å². The molecule has 2 aromatic carbocycles. The highest BCUT2D eigenvalue weighted by molar-refractivity contribution is 5.78. The maximum Gasteiger partial charge on any atom is 0.227 e. The van der Waals surface area contributed by atoms with Crippen molar-refractivity contribution in [2.75, 3.05) is 19.6 Å². The van der Waals surface area contributed by atoms with E-state index in [1.165, 1.54) is 23.8 Å². The first-order valence-electron chi connectivity index (χ1n) is 12.8. The van der Waals surface area contributed by atoms with Crippen LogP contribution in [0.25, 0.3) is 11.0 Å². The van der Waals surface area contributed by atoms with Crippen molar-refractivity contribution in [2.24, 2.45) is 0 Å². The molecule has 1 amide bonds. The van der Waals surface area contributed by atoms with Gasteiger partial charge in [-0.2, -0.15) is 0 Å². The van der Waals surface area contributed by atoms with Crippen LogP contribution in [-0.4, -0.2) is 45.5 Å². The van der Waals surface area contributed by atoms with Crippen LogP contribution in [-0.2, 0) is 23.2 Å². The quantitative estimate of drug-likeness (QED) is 0.326. The van der Waals surface area contributed by atoms with Gasteiger partial charge in [-0.25, -0.2) is 9.37 Å². The zero-order valence-corrected chi connectivity index (χ0v) is 21.3. The van der Waals surface area contributed by atoms with Crippen molar-refractivity contribution in [3.05, 3.63) is 93.5 Å². The molecule has 3 N–H and O–H groups in total. The fourth-order valence-electron chi connectivity index (χ4n) is 5.27. The second-order valence-corrected chi connectivity index (χ2v) is 10.1. The zero-order chi connectivity index (χ0) is 26.7. The molecule has 38 heavy (non-hydrogen) atoms. The summed E-state index contributed by atoms with van der Waals surface area (Å²) in [6.07, 6.45) is 1.65. The number of amides is 1. The maximum atomic E-state index is 13.5. The van der Waals surface area contributed by atoms with Gasteiger partial charge in [0.2, 0.25) is 17.1 Å². The zero-order valence-electron chi connectivity index (χ0n) is 21.3. The molecular formula is C29H31FN4O4. The number of imidazole rings is 1. The molecule has 1 aliphatic heterocycles. The number of piperidine rings is 1. The number of nitrogens with one attached hydrogen (secondary N) is 2. The van der Waals surface area contributed by atoms with E-state index < -0.39 is 16.6 Å². The fourth-order valence-corrected chi connectivity index (χ4v) is 5.27. The van der Waals surface area contributed by atoms with Crippen LogP contribution in [0.2, 0.25) is 0 Å². The SMILES string of the molecule is Cc1cc(=O)c(O)c(C2(CC(=O)NCCc3nc4ccc(F)cc4[nH]3)CCN(Cc3ccccc3)CC2)o1. The topological polar surface area (TPSA) is 111 Å². The summed E-state index contributed by atoms with van der Waals surface area (Å²) in [5, 5.41) is 13.6. The first kappa shape index (κ1) is 25.7.